The Kier molecular flexibility index (Phi) is 8.65. The maximum Gasteiger partial charge on any atom is 0.137 e. The standard InChI is InChI=1S/C46H50N4O/c1-27(2)33-22-35(50-45(28(3)4)44(32(8)48-50)43-30(6)20-29(5)21-31(43)7)25-37(23-33)51-36-16-17-39-38-14-12-13-15-40(38)49(41(39)26-36)42-24-34(18-19-47-42)46(9,10)11/h12-28H,1-11H3. The molecule has 0 atom stereocenters. The summed E-state index contributed by atoms with van der Waals surface area (Å²) in [5.74, 6) is 3.03. The van der Waals surface area contributed by atoms with Gasteiger partial charge in [0.15, 0.2) is 0 Å². The van der Waals surface area contributed by atoms with Crippen molar-refractivity contribution in [3.63, 3.8) is 0 Å². The number of nitrogens with zero attached hydrogens (tertiary/aromatic N) is 4. The third kappa shape index (κ3) is 6.24. The minimum absolute atomic E-state index is 0.00493. The maximum absolute atomic E-state index is 6.80. The molecule has 3 heterocycles. The van der Waals surface area contributed by atoms with Gasteiger partial charge in [0.1, 0.15) is 17.3 Å². The number of aryl methyl sites for hydroxylation is 4. The molecule has 0 unspecified atom stereocenters. The van der Waals surface area contributed by atoms with Crippen LogP contribution in [0.15, 0.2) is 91.1 Å². The van der Waals surface area contributed by atoms with Crippen LogP contribution in [0.4, 0.5) is 0 Å². The molecule has 0 saturated carbocycles. The first kappa shape index (κ1) is 34.3. The topological polar surface area (TPSA) is 44.9 Å². The monoisotopic (exact) mass is 674 g/mol. The van der Waals surface area contributed by atoms with Crippen molar-refractivity contribution in [2.45, 2.75) is 93.4 Å². The number of para-hydroxylation sites is 1. The van der Waals surface area contributed by atoms with Gasteiger partial charge in [-0.25, -0.2) is 9.67 Å². The highest BCUT2D eigenvalue weighted by atomic mass is 16.5. The number of rotatable bonds is 7. The lowest BCUT2D eigenvalue weighted by atomic mass is 9.88. The van der Waals surface area contributed by atoms with E-state index in [-0.39, 0.29) is 11.3 Å². The van der Waals surface area contributed by atoms with Crippen molar-refractivity contribution >= 4 is 21.8 Å². The fraction of sp³-hybridized carbons (Fsp3) is 0.304. The van der Waals surface area contributed by atoms with Crippen molar-refractivity contribution in [1.82, 2.24) is 19.3 Å². The average molecular weight is 675 g/mol. The zero-order valence-corrected chi connectivity index (χ0v) is 32.0. The van der Waals surface area contributed by atoms with Crippen LogP contribution < -0.4 is 4.74 Å². The van der Waals surface area contributed by atoms with E-state index in [1.165, 1.54) is 55.4 Å². The van der Waals surface area contributed by atoms with Gasteiger partial charge in [-0.1, -0.05) is 84.4 Å². The molecule has 5 nitrogen and oxygen atoms in total. The van der Waals surface area contributed by atoms with Crippen molar-refractivity contribution in [2.75, 3.05) is 0 Å². The van der Waals surface area contributed by atoms with E-state index in [1.54, 1.807) is 0 Å². The van der Waals surface area contributed by atoms with Crippen molar-refractivity contribution in [2.24, 2.45) is 0 Å². The fourth-order valence-corrected chi connectivity index (χ4v) is 7.68. The van der Waals surface area contributed by atoms with Crippen LogP contribution in [0.3, 0.4) is 0 Å². The highest BCUT2D eigenvalue weighted by Crippen LogP contribution is 2.40. The molecule has 0 N–H and O–H groups in total. The predicted molar refractivity (Wildman–Crippen MR) is 213 cm³/mol. The number of aromatic nitrogens is 4. The lowest BCUT2D eigenvalue weighted by Crippen LogP contribution is -2.12. The average Bonchev–Trinajstić information content (AvgIpc) is 3.58. The summed E-state index contributed by atoms with van der Waals surface area (Å²) >= 11 is 0. The molecule has 0 spiro atoms. The van der Waals surface area contributed by atoms with E-state index in [9.17, 15) is 0 Å². The second-order valence-electron chi connectivity index (χ2n) is 15.9. The van der Waals surface area contributed by atoms with Crippen molar-refractivity contribution in [3.8, 4) is 34.1 Å². The van der Waals surface area contributed by atoms with E-state index in [4.69, 9.17) is 14.8 Å². The van der Waals surface area contributed by atoms with Gasteiger partial charge < -0.3 is 4.74 Å². The summed E-state index contributed by atoms with van der Waals surface area (Å²) in [6.45, 7) is 24.4. The summed E-state index contributed by atoms with van der Waals surface area (Å²) in [6.07, 6.45) is 1.92. The van der Waals surface area contributed by atoms with Crippen LogP contribution in [-0.4, -0.2) is 19.3 Å². The molecule has 0 saturated heterocycles. The van der Waals surface area contributed by atoms with Gasteiger partial charge in [-0.15, -0.1) is 0 Å². The number of fused-ring (bicyclic) bond motifs is 3. The van der Waals surface area contributed by atoms with Crippen LogP contribution in [0.2, 0.25) is 0 Å². The molecule has 7 aromatic rings. The molecule has 0 amide bonds. The third-order valence-corrected chi connectivity index (χ3v) is 10.1. The fourth-order valence-electron chi connectivity index (χ4n) is 7.68. The molecule has 0 aliphatic rings. The van der Waals surface area contributed by atoms with Crippen LogP contribution in [0.5, 0.6) is 11.5 Å². The van der Waals surface area contributed by atoms with Crippen molar-refractivity contribution < 1.29 is 4.74 Å². The molecule has 0 fully saturated rings. The van der Waals surface area contributed by atoms with Gasteiger partial charge in [0.2, 0.25) is 0 Å². The van der Waals surface area contributed by atoms with Crippen LogP contribution in [0.25, 0.3) is 44.4 Å². The molecular weight excluding hydrogens is 625 g/mol. The minimum Gasteiger partial charge on any atom is -0.457 e. The molecular formula is C46H50N4O. The van der Waals surface area contributed by atoms with Crippen LogP contribution >= 0.6 is 0 Å². The Morgan fingerprint density at radius 3 is 2.06 bits per heavy atom. The lowest BCUT2D eigenvalue weighted by molar-refractivity contribution is 0.481. The number of benzene rings is 4. The molecule has 260 valence electrons. The quantitative estimate of drug-likeness (QED) is 0.169. The van der Waals surface area contributed by atoms with E-state index in [2.05, 4.69) is 170 Å². The molecule has 0 aliphatic carbocycles. The number of pyridine rings is 1. The van der Waals surface area contributed by atoms with Crippen LogP contribution in [0.1, 0.15) is 99.5 Å². The Bertz CT molecular complexity index is 2410. The molecule has 4 aromatic carbocycles. The smallest absolute Gasteiger partial charge is 0.137 e. The summed E-state index contributed by atoms with van der Waals surface area (Å²) in [5.41, 5.74) is 14.3. The van der Waals surface area contributed by atoms with Crippen LogP contribution in [-0.2, 0) is 5.41 Å². The Labute approximate surface area is 302 Å². The first-order chi connectivity index (χ1) is 24.2. The van der Waals surface area contributed by atoms with Gasteiger partial charge in [-0.05, 0) is 115 Å². The molecule has 0 radical (unpaired) electrons. The molecule has 51 heavy (non-hydrogen) atoms. The second kappa shape index (κ2) is 12.9. The zero-order valence-electron chi connectivity index (χ0n) is 32.0. The highest BCUT2D eigenvalue weighted by molar-refractivity contribution is 6.09. The summed E-state index contributed by atoms with van der Waals surface area (Å²) in [4.78, 5) is 4.87. The van der Waals surface area contributed by atoms with Crippen LogP contribution in [0, 0.1) is 27.7 Å². The SMILES string of the molecule is Cc1cc(C)c(-c2c(C)nn(-c3cc(Oc4ccc5c6ccccc6n(-c6cc(C(C)(C)C)ccn6)c5c4)cc(C(C)C)c3)c2C(C)C)c(C)c1. The maximum atomic E-state index is 6.80. The second-order valence-corrected chi connectivity index (χ2v) is 15.9. The molecule has 3 aromatic heterocycles. The molecule has 5 heteroatoms. The van der Waals surface area contributed by atoms with E-state index in [0.29, 0.717) is 5.92 Å². The highest BCUT2D eigenvalue weighted by Gasteiger charge is 2.24. The first-order valence-electron chi connectivity index (χ1n) is 18.2. The minimum atomic E-state index is 0.00493. The summed E-state index contributed by atoms with van der Waals surface area (Å²) in [7, 11) is 0. The largest absolute Gasteiger partial charge is 0.457 e. The van der Waals surface area contributed by atoms with Gasteiger partial charge in [-0.3, -0.25) is 4.57 Å². The zero-order chi connectivity index (χ0) is 36.4. The van der Waals surface area contributed by atoms with Gasteiger partial charge in [0.05, 0.1) is 28.1 Å². The third-order valence-electron chi connectivity index (χ3n) is 10.1. The normalized spacial score (nSPS) is 12.2. The number of hydrogen-bond donors (Lipinski definition) is 0. The Morgan fingerprint density at radius 2 is 1.37 bits per heavy atom. The van der Waals surface area contributed by atoms with Crippen molar-refractivity contribution in [3.05, 3.63) is 130 Å². The van der Waals surface area contributed by atoms with E-state index in [1.807, 2.05) is 6.20 Å². The summed E-state index contributed by atoms with van der Waals surface area (Å²) < 4.78 is 11.2. The van der Waals surface area contributed by atoms with Gasteiger partial charge in [0, 0.05) is 34.7 Å². The van der Waals surface area contributed by atoms with Crippen molar-refractivity contribution in [1.29, 1.82) is 0 Å². The number of hydrogen-bond acceptors (Lipinski definition) is 3. The van der Waals surface area contributed by atoms with Gasteiger partial charge in [0.25, 0.3) is 0 Å². The lowest BCUT2D eigenvalue weighted by Gasteiger charge is -2.20. The molecule has 0 aliphatic heterocycles. The van der Waals surface area contributed by atoms with Gasteiger partial charge >= 0.3 is 0 Å². The predicted octanol–water partition coefficient (Wildman–Crippen LogP) is 12.6. The Balaban J connectivity index is 1.37. The summed E-state index contributed by atoms with van der Waals surface area (Å²) in [6, 6.07) is 30.4. The Morgan fingerprint density at radius 1 is 0.667 bits per heavy atom. The molecule has 7 rings (SSSR count). The van der Waals surface area contributed by atoms with E-state index < -0.39 is 0 Å². The first-order valence-corrected chi connectivity index (χ1v) is 18.2. The number of ether oxygens (including phenoxy) is 1. The Hall–Kier alpha value is -5.16. The van der Waals surface area contributed by atoms with E-state index >= 15 is 0 Å². The summed E-state index contributed by atoms with van der Waals surface area (Å²) in [5, 5.41) is 7.58. The molecule has 0 bridgehead atoms. The van der Waals surface area contributed by atoms with Gasteiger partial charge in [-0.2, -0.15) is 5.10 Å². The van der Waals surface area contributed by atoms with E-state index in [0.717, 1.165) is 39.7 Å².